The highest BCUT2D eigenvalue weighted by atomic mass is 16.8. The van der Waals surface area contributed by atoms with Crippen LogP contribution in [0.4, 0.5) is 4.79 Å². The Labute approximate surface area is 58.2 Å². The van der Waals surface area contributed by atoms with Gasteiger partial charge in [-0.15, -0.1) is 0 Å². The summed E-state index contributed by atoms with van der Waals surface area (Å²) in [5.74, 6) is 0. The van der Waals surface area contributed by atoms with Crippen LogP contribution in [0.25, 0.3) is 0 Å². The van der Waals surface area contributed by atoms with Gasteiger partial charge in [0.25, 0.3) is 0 Å². The highest BCUT2D eigenvalue weighted by Gasteiger charge is 2.08. The van der Waals surface area contributed by atoms with Crippen molar-refractivity contribution in [3.8, 4) is 0 Å². The Morgan fingerprint density at radius 2 is 2.30 bits per heavy atom. The second-order valence-corrected chi connectivity index (χ2v) is 1.54. The fourth-order valence-corrected chi connectivity index (χ4v) is 0.329. The molecule has 0 aromatic heterocycles. The lowest BCUT2D eigenvalue weighted by Gasteiger charge is -2.07. The van der Waals surface area contributed by atoms with Crippen molar-refractivity contribution in [3.05, 3.63) is 0 Å². The Morgan fingerprint density at radius 3 is 2.70 bits per heavy atom. The minimum absolute atomic E-state index is 0.00486. The summed E-state index contributed by atoms with van der Waals surface area (Å²) in [6.45, 7) is -0.238. The lowest BCUT2D eigenvalue weighted by molar-refractivity contribution is -0.0849. The van der Waals surface area contributed by atoms with Crippen molar-refractivity contribution < 1.29 is 24.5 Å². The van der Waals surface area contributed by atoms with Crippen LogP contribution < -0.4 is 0 Å². The molecule has 2 N–H and O–H groups in total. The van der Waals surface area contributed by atoms with Crippen molar-refractivity contribution in [2.75, 3.05) is 13.7 Å². The van der Waals surface area contributed by atoms with Gasteiger partial charge in [-0.25, -0.2) is 4.79 Å². The van der Waals surface area contributed by atoms with Gasteiger partial charge in [0, 0.05) is 13.0 Å². The largest absolute Gasteiger partial charge is 0.510 e. The fraction of sp³-hybridized carbons (Fsp3) is 0.800. The van der Waals surface area contributed by atoms with E-state index in [0.29, 0.717) is 0 Å². The average Bonchev–Trinajstić information content (AvgIpc) is 1.88. The van der Waals surface area contributed by atoms with Crippen molar-refractivity contribution in [1.29, 1.82) is 0 Å². The van der Waals surface area contributed by atoms with E-state index in [-0.39, 0.29) is 13.0 Å². The summed E-state index contributed by atoms with van der Waals surface area (Å²) in [5, 5.41) is 16.9. The third-order valence-electron chi connectivity index (χ3n) is 0.775. The quantitative estimate of drug-likeness (QED) is 0.417. The van der Waals surface area contributed by atoms with Crippen LogP contribution in [0.5, 0.6) is 0 Å². The first-order valence-corrected chi connectivity index (χ1v) is 2.74. The van der Waals surface area contributed by atoms with Gasteiger partial charge < -0.3 is 19.7 Å². The van der Waals surface area contributed by atoms with E-state index in [1.165, 1.54) is 0 Å². The topological polar surface area (TPSA) is 76.0 Å². The third-order valence-corrected chi connectivity index (χ3v) is 0.775. The van der Waals surface area contributed by atoms with Crippen LogP contribution >= 0.6 is 0 Å². The van der Waals surface area contributed by atoms with Gasteiger partial charge in [0.1, 0.15) is 0 Å². The summed E-state index contributed by atoms with van der Waals surface area (Å²) in [7, 11) is 1.13. The van der Waals surface area contributed by atoms with Crippen molar-refractivity contribution >= 4 is 6.16 Å². The summed E-state index contributed by atoms with van der Waals surface area (Å²) in [6.07, 6.45) is -2.24. The van der Waals surface area contributed by atoms with Crippen LogP contribution in [0.2, 0.25) is 0 Å². The smallest absolute Gasteiger partial charge is 0.438 e. The monoisotopic (exact) mass is 150 g/mol. The molecule has 0 saturated carbocycles. The number of aliphatic hydroxyl groups is 2. The van der Waals surface area contributed by atoms with Gasteiger partial charge in [0.15, 0.2) is 0 Å². The molecule has 1 atom stereocenters. The Hall–Kier alpha value is -0.810. The van der Waals surface area contributed by atoms with E-state index >= 15 is 0 Å². The first-order chi connectivity index (χ1) is 4.70. The molecule has 5 nitrogen and oxygen atoms in total. The van der Waals surface area contributed by atoms with Gasteiger partial charge in [-0.2, -0.15) is 0 Å². The molecular weight excluding hydrogens is 140 g/mol. The maximum atomic E-state index is 10.2. The van der Waals surface area contributed by atoms with E-state index in [4.69, 9.17) is 10.2 Å². The van der Waals surface area contributed by atoms with Crippen LogP contribution in [0.15, 0.2) is 0 Å². The molecule has 1 unspecified atom stereocenters. The first kappa shape index (κ1) is 9.19. The SMILES string of the molecule is COC(=O)OC(O)CCO. The summed E-state index contributed by atoms with van der Waals surface area (Å²) in [4.78, 5) is 10.2. The maximum absolute atomic E-state index is 10.2. The summed E-state index contributed by atoms with van der Waals surface area (Å²) < 4.78 is 8.24. The second kappa shape index (κ2) is 5.01. The summed E-state index contributed by atoms with van der Waals surface area (Å²) >= 11 is 0. The molecule has 0 aromatic carbocycles. The van der Waals surface area contributed by atoms with E-state index in [9.17, 15) is 4.79 Å². The van der Waals surface area contributed by atoms with Crippen LogP contribution in [-0.2, 0) is 9.47 Å². The molecule has 0 saturated heterocycles. The van der Waals surface area contributed by atoms with E-state index in [1.54, 1.807) is 0 Å². The van der Waals surface area contributed by atoms with Gasteiger partial charge in [0.05, 0.1) is 7.11 Å². The molecule has 0 aliphatic carbocycles. The lowest BCUT2D eigenvalue weighted by atomic mass is 10.4. The normalized spacial score (nSPS) is 12.3. The van der Waals surface area contributed by atoms with Crippen molar-refractivity contribution in [3.63, 3.8) is 0 Å². The van der Waals surface area contributed by atoms with Crippen LogP contribution in [0.3, 0.4) is 0 Å². The third kappa shape index (κ3) is 4.11. The van der Waals surface area contributed by atoms with Crippen molar-refractivity contribution in [2.45, 2.75) is 12.7 Å². The van der Waals surface area contributed by atoms with Crippen LogP contribution in [-0.4, -0.2) is 36.4 Å². The Bertz CT molecular complexity index is 102. The lowest BCUT2D eigenvalue weighted by Crippen LogP contribution is -2.18. The fourth-order valence-electron chi connectivity index (χ4n) is 0.329. The predicted molar refractivity (Wildman–Crippen MR) is 31.2 cm³/mol. The number of hydrogen-bond acceptors (Lipinski definition) is 5. The summed E-state index contributed by atoms with van der Waals surface area (Å²) in [5.41, 5.74) is 0. The molecule has 0 aliphatic heterocycles. The average molecular weight is 150 g/mol. The van der Waals surface area contributed by atoms with Gasteiger partial charge in [-0.3, -0.25) is 0 Å². The van der Waals surface area contributed by atoms with E-state index < -0.39 is 12.4 Å². The highest BCUT2D eigenvalue weighted by molar-refractivity contribution is 5.59. The minimum Gasteiger partial charge on any atom is -0.438 e. The summed E-state index contributed by atoms with van der Waals surface area (Å²) in [6, 6.07) is 0. The van der Waals surface area contributed by atoms with Crippen molar-refractivity contribution in [2.24, 2.45) is 0 Å². The molecular formula is C5H10O5. The Balaban J connectivity index is 3.37. The molecule has 0 heterocycles. The molecule has 0 rings (SSSR count). The van der Waals surface area contributed by atoms with Gasteiger partial charge >= 0.3 is 6.16 Å². The van der Waals surface area contributed by atoms with E-state index in [1.807, 2.05) is 0 Å². The van der Waals surface area contributed by atoms with Gasteiger partial charge in [-0.1, -0.05) is 0 Å². The Kier molecular flexibility index (Phi) is 4.61. The molecule has 0 radical (unpaired) electrons. The first-order valence-electron chi connectivity index (χ1n) is 2.74. The zero-order valence-electron chi connectivity index (χ0n) is 5.61. The van der Waals surface area contributed by atoms with E-state index in [0.717, 1.165) is 7.11 Å². The molecule has 60 valence electrons. The number of aliphatic hydroxyl groups excluding tert-OH is 2. The van der Waals surface area contributed by atoms with Crippen LogP contribution in [0, 0.1) is 0 Å². The van der Waals surface area contributed by atoms with Gasteiger partial charge in [-0.05, 0) is 0 Å². The number of hydrogen-bond donors (Lipinski definition) is 2. The van der Waals surface area contributed by atoms with E-state index in [2.05, 4.69) is 9.47 Å². The van der Waals surface area contributed by atoms with Crippen LogP contribution in [0.1, 0.15) is 6.42 Å². The number of ether oxygens (including phenoxy) is 2. The standard InChI is InChI=1S/C5H10O5/c1-9-5(8)10-4(7)2-3-6/h4,6-7H,2-3H2,1H3. The molecule has 0 fully saturated rings. The number of methoxy groups -OCH3 is 1. The number of carbonyl (C=O) groups is 1. The second-order valence-electron chi connectivity index (χ2n) is 1.54. The molecule has 0 bridgehead atoms. The molecule has 10 heavy (non-hydrogen) atoms. The predicted octanol–water partition coefficient (Wildman–Crippen LogP) is -0.530. The maximum Gasteiger partial charge on any atom is 0.510 e. The van der Waals surface area contributed by atoms with Gasteiger partial charge in [0.2, 0.25) is 6.29 Å². The highest BCUT2D eigenvalue weighted by Crippen LogP contribution is 1.94. The minimum atomic E-state index is -1.28. The zero-order valence-corrected chi connectivity index (χ0v) is 5.61. The molecule has 0 aliphatic rings. The molecule has 0 amide bonds. The number of rotatable bonds is 3. The Morgan fingerprint density at radius 1 is 1.70 bits per heavy atom. The molecule has 5 heteroatoms. The number of carbonyl (C=O) groups excluding carboxylic acids is 1. The van der Waals surface area contributed by atoms with Crippen molar-refractivity contribution in [1.82, 2.24) is 0 Å². The molecule has 0 spiro atoms. The zero-order chi connectivity index (χ0) is 7.98. The molecule has 0 aromatic rings.